The Kier molecular flexibility index (Phi) is 132. The molecule has 0 unspecified atom stereocenters. The summed E-state index contributed by atoms with van der Waals surface area (Å²) in [5.41, 5.74) is 0. The number of hydrogen-bond donors (Lipinski definition) is 0. The van der Waals surface area contributed by atoms with Crippen molar-refractivity contribution in [2.24, 2.45) is 0 Å². The van der Waals surface area contributed by atoms with Gasteiger partial charge in [0.2, 0.25) is 0 Å². The molecule has 0 spiro atoms. The molecule has 0 saturated heterocycles. The van der Waals surface area contributed by atoms with E-state index >= 15 is 0 Å². The summed E-state index contributed by atoms with van der Waals surface area (Å²) in [5.74, 6) is 0. The van der Waals surface area contributed by atoms with E-state index in [0.717, 1.165) is 0 Å². The standard InChI is InChI=1S/2Al.2Mo.Ti.6H. The zero-order valence-corrected chi connectivity index (χ0v) is 6.89. The first-order valence-electron chi connectivity index (χ1n) is 0.167. The van der Waals surface area contributed by atoms with Gasteiger partial charge in [-0.05, 0) is 0 Å². The van der Waals surface area contributed by atoms with Crippen LogP contribution in [0.15, 0.2) is 0 Å². The molecule has 28 valence electrons. The fraction of sp³-hybridized carbons (Fsp3) is 0. The summed E-state index contributed by atoms with van der Waals surface area (Å²) >= 11 is 3.92. The molecule has 5 heteroatoms. The van der Waals surface area contributed by atoms with E-state index in [4.69, 9.17) is 0 Å². The molecule has 0 radical (unpaired) electrons. The Balaban J connectivity index is -0.00000000167. The molecule has 0 aliphatic rings. The fourth-order valence-electron chi connectivity index (χ4n) is 0. The van der Waals surface area contributed by atoms with E-state index in [1.807, 2.05) is 33.6 Å². The minimum absolute atomic E-state index is 0. The zero-order chi connectivity index (χ0) is 2.00. The van der Waals surface area contributed by atoms with Gasteiger partial charge in [-0.25, -0.2) is 0 Å². The van der Waals surface area contributed by atoms with E-state index in [1.54, 1.807) is 0 Å². The Labute approximate surface area is 88.4 Å². The Morgan fingerprint density at radius 3 is 0.800 bits per heavy atom. The van der Waals surface area contributed by atoms with Crippen molar-refractivity contribution in [2.45, 2.75) is 0 Å². The summed E-state index contributed by atoms with van der Waals surface area (Å²) in [4.78, 5) is 0. The van der Waals surface area contributed by atoms with E-state index in [9.17, 15) is 0 Å². The first kappa shape index (κ1) is 24.2. The van der Waals surface area contributed by atoms with Crippen LogP contribution in [0.25, 0.3) is 0 Å². The predicted molar refractivity (Wildman–Crippen MR) is 19.9 cm³/mol. The molecule has 0 aliphatic heterocycles. The molecular formula is H6Al2Mo2Ti. The molecule has 0 bridgehead atoms. The molecule has 0 atom stereocenters. The average Bonchev–Trinajstić information content (AvgIpc) is 1.00. The third-order valence-corrected chi connectivity index (χ3v) is 0. The monoisotopic (exact) mass is 304 g/mol. The van der Waals surface area contributed by atoms with E-state index in [0.29, 0.717) is 0 Å². The van der Waals surface area contributed by atoms with Crippen LogP contribution in [0.4, 0.5) is 0 Å². The second-order valence-electron chi connectivity index (χ2n) is 0. The van der Waals surface area contributed by atoms with Crippen LogP contribution in [0.1, 0.15) is 0 Å². The normalized spacial score (nSPS) is 0.800. The van der Waals surface area contributed by atoms with E-state index in [2.05, 4.69) is 0 Å². The van der Waals surface area contributed by atoms with Crippen molar-refractivity contribution in [3.63, 3.8) is 0 Å². The SMILES string of the molecule is [AlH3].[AlH3].[Mo][Mo].[Ti]. The van der Waals surface area contributed by atoms with Gasteiger partial charge in [-0.15, -0.1) is 0 Å². The number of hydrogen-bond acceptors (Lipinski definition) is 0. The molecule has 5 heavy (non-hydrogen) atoms. The smallest absolute Gasteiger partial charge is 0 e. The second kappa shape index (κ2) is 27.2. The Morgan fingerprint density at radius 2 is 0.800 bits per heavy atom. The van der Waals surface area contributed by atoms with Gasteiger partial charge in [0.05, 0.1) is 0 Å². The molecule has 0 aromatic heterocycles. The predicted octanol–water partition coefficient (Wildman–Crippen LogP) is -2.38. The third kappa shape index (κ3) is 19.1. The Morgan fingerprint density at radius 1 is 0.800 bits per heavy atom. The molecule has 0 N–H and O–H groups in total. The summed E-state index contributed by atoms with van der Waals surface area (Å²) in [6, 6.07) is 0. The van der Waals surface area contributed by atoms with Crippen LogP contribution in [-0.2, 0) is 55.4 Å². The van der Waals surface area contributed by atoms with Gasteiger partial charge >= 0.3 is 33.6 Å². The quantitative estimate of drug-likeness (QED) is 0.439. The maximum atomic E-state index is 1.96. The topological polar surface area (TPSA) is 0 Å². The van der Waals surface area contributed by atoms with Gasteiger partial charge in [0.25, 0.3) is 0 Å². The molecule has 0 aromatic rings. The van der Waals surface area contributed by atoms with Crippen molar-refractivity contribution in [1.29, 1.82) is 0 Å². The third-order valence-electron chi connectivity index (χ3n) is 0. The maximum absolute atomic E-state index is 1.96. The van der Waals surface area contributed by atoms with Crippen LogP contribution < -0.4 is 0 Å². The summed E-state index contributed by atoms with van der Waals surface area (Å²) < 4.78 is 0. The molecule has 0 rings (SSSR count). The summed E-state index contributed by atoms with van der Waals surface area (Å²) in [5, 5.41) is 0. The Bertz CT molecular complexity index is 7.61. The van der Waals surface area contributed by atoms with Crippen LogP contribution >= 0.6 is 0 Å². The molecule has 0 aliphatic carbocycles. The molecule has 0 amide bonds. The van der Waals surface area contributed by atoms with Gasteiger partial charge in [0.1, 0.15) is 0 Å². The molecule has 0 nitrogen and oxygen atoms in total. The van der Waals surface area contributed by atoms with Crippen LogP contribution in [0, 0.1) is 0 Å². The van der Waals surface area contributed by atoms with Gasteiger partial charge in [-0.1, -0.05) is 0 Å². The second-order valence-corrected chi connectivity index (χ2v) is 0. The van der Waals surface area contributed by atoms with Gasteiger partial charge in [0.15, 0.2) is 34.7 Å². The largest absolute Gasteiger partial charge is 0 e. The van der Waals surface area contributed by atoms with Crippen LogP contribution in [0.5, 0.6) is 0 Å². The zero-order valence-electron chi connectivity index (χ0n) is 1.32. The van der Waals surface area contributed by atoms with Gasteiger partial charge < -0.3 is 0 Å². The minimum Gasteiger partial charge on any atom is 0 e. The Hall–Kier alpha value is 3.16. The first-order chi connectivity index (χ1) is 1.00. The molecule has 0 heterocycles. The molecular weight excluding hydrogens is 294 g/mol. The average molecular weight is 300 g/mol. The van der Waals surface area contributed by atoms with Crippen molar-refractivity contribution < 1.29 is 55.4 Å². The number of rotatable bonds is 0. The van der Waals surface area contributed by atoms with Crippen LogP contribution in [-0.4, -0.2) is 34.7 Å². The molecule has 0 aromatic carbocycles. The summed E-state index contributed by atoms with van der Waals surface area (Å²) in [6.07, 6.45) is 0. The van der Waals surface area contributed by atoms with Crippen molar-refractivity contribution in [3.05, 3.63) is 0 Å². The van der Waals surface area contributed by atoms with Crippen molar-refractivity contribution in [1.82, 2.24) is 0 Å². The van der Waals surface area contributed by atoms with Crippen molar-refractivity contribution in [3.8, 4) is 0 Å². The van der Waals surface area contributed by atoms with Crippen molar-refractivity contribution in [2.75, 3.05) is 0 Å². The van der Waals surface area contributed by atoms with E-state index in [1.165, 1.54) is 0 Å². The van der Waals surface area contributed by atoms with Crippen LogP contribution in [0.2, 0.25) is 0 Å². The van der Waals surface area contributed by atoms with Crippen LogP contribution in [0.3, 0.4) is 0 Å². The van der Waals surface area contributed by atoms with E-state index in [-0.39, 0.29) is 56.4 Å². The minimum atomic E-state index is 0. The summed E-state index contributed by atoms with van der Waals surface area (Å²) in [7, 11) is 0. The maximum Gasteiger partial charge on any atom is 0 e. The first-order valence-corrected chi connectivity index (χ1v) is 5.83. The van der Waals surface area contributed by atoms with E-state index < -0.39 is 0 Å². The molecule has 0 saturated carbocycles. The van der Waals surface area contributed by atoms with Gasteiger partial charge in [-0.3, -0.25) is 0 Å². The molecule has 0 fully saturated rings. The summed E-state index contributed by atoms with van der Waals surface area (Å²) in [6.45, 7) is 0. The van der Waals surface area contributed by atoms with Gasteiger partial charge in [0, 0.05) is 21.7 Å². The van der Waals surface area contributed by atoms with Gasteiger partial charge in [-0.2, -0.15) is 0 Å². The van der Waals surface area contributed by atoms with Crippen molar-refractivity contribution >= 4 is 34.7 Å². The fourth-order valence-corrected chi connectivity index (χ4v) is 0.